The molecule has 1 aromatic carbocycles. The number of benzene rings is 1. The van der Waals surface area contributed by atoms with Crippen LogP contribution >= 0.6 is 27.5 Å². The summed E-state index contributed by atoms with van der Waals surface area (Å²) in [6.45, 7) is 1.93. The van der Waals surface area contributed by atoms with E-state index in [0.29, 0.717) is 11.0 Å². The number of nitrogen functional groups attached to an aromatic ring is 1. The van der Waals surface area contributed by atoms with Crippen LogP contribution < -0.4 is 5.73 Å². The first-order valence-corrected chi connectivity index (χ1v) is 6.80. The van der Waals surface area contributed by atoms with Gasteiger partial charge in [-0.1, -0.05) is 11.6 Å². The van der Waals surface area contributed by atoms with Crippen LogP contribution in [0.4, 0.5) is 5.95 Å². The van der Waals surface area contributed by atoms with E-state index in [0.717, 1.165) is 27.0 Å². The number of halogens is 2. The lowest BCUT2D eigenvalue weighted by atomic mass is 10.3. The number of rotatable bonds is 1. The van der Waals surface area contributed by atoms with Gasteiger partial charge in [-0.25, -0.2) is 9.97 Å². The van der Waals surface area contributed by atoms with E-state index in [1.807, 2.05) is 41.8 Å². The quantitative estimate of drug-likeness (QED) is 0.736. The summed E-state index contributed by atoms with van der Waals surface area (Å²) in [7, 11) is 0. The van der Waals surface area contributed by atoms with Gasteiger partial charge in [0, 0.05) is 15.2 Å². The standard InChI is InChI=1S/C13H10BrClN4/c1-7-2-4-10-12(17-7)19(13(16)18-10)11-5-3-8(15)6-9(11)14/h2-6H,1H3,(H2,16,18). The molecular weight excluding hydrogens is 328 g/mol. The first-order chi connectivity index (χ1) is 9.06. The predicted octanol–water partition coefficient (Wildman–Crippen LogP) is 3.73. The van der Waals surface area contributed by atoms with Gasteiger partial charge in [-0.2, -0.15) is 0 Å². The fourth-order valence-corrected chi connectivity index (χ4v) is 2.83. The van der Waals surface area contributed by atoms with Crippen LogP contribution in [-0.4, -0.2) is 14.5 Å². The van der Waals surface area contributed by atoms with Gasteiger partial charge in [0.1, 0.15) is 5.52 Å². The Bertz CT molecular complexity index is 782. The summed E-state index contributed by atoms with van der Waals surface area (Å²) in [5, 5.41) is 0.655. The van der Waals surface area contributed by atoms with E-state index in [4.69, 9.17) is 17.3 Å². The fraction of sp³-hybridized carbons (Fsp3) is 0.0769. The zero-order chi connectivity index (χ0) is 13.6. The maximum Gasteiger partial charge on any atom is 0.207 e. The number of nitrogens with zero attached hydrogens (tertiary/aromatic N) is 3. The molecule has 19 heavy (non-hydrogen) atoms. The number of hydrogen-bond donors (Lipinski definition) is 1. The first-order valence-electron chi connectivity index (χ1n) is 5.63. The van der Waals surface area contributed by atoms with Gasteiger partial charge < -0.3 is 5.73 Å². The minimum atomic E-state index is 0.399. The Hall–Kier alpha value is -1.59. The van der Waals surface area contributed by atoms with Gasteiger partial charge in [-0.3, -0.25) is 4.57 Å². The highest BCUT2D eigenvalue weighted by Gasteiger charge is 2.13. The first kappa shape index (κ1) is 12.4. The molecule has 3 rings (SSSR count). The van der Waals surface area contributed by atoms with E-state index in [9.17, 15) is 0 Å². The molecule has 0 radical (unpaired) electrons. The Morgan fingerprint density at radius 2 is 2.00 bits per heavy atom. The summed E-state index contributed by atoms with van der Waals surface area (Å²) in [5.74, 6) is 0.399. The molecule has 0 spiro atoms. The van der Waals surface area contributed by atoms with Crippen LogP contribution in [0.3, 0.4) is 0 Å². The van der Waals surface area contributed by atoms with E-state index in [-0.39, 0.29) is 0 Å². The van der Waals surface area contributed by atoms with Gasteiger partial charge in [0.25, 0.3) is 0 Å². The molecule has 0 aliphatic rings. The molecule has 6 heteroatoms. The molecule has 0 saturated carbocycles. The SMILES string of the molecule is Cc1ccc2nc(N)n(-c3ccc(Cl)cc3Br)c2n1. The highest BCUT2D eigenvalue weighted by Crippen LogP contribution is 2.29. The minimum Gasteiger partial charge on any atom is -0.369 e. The summed E-state index contributed by atoms with van der Waals surface area (Å²) < 4.78 is 2.65. The molecule has 4 nitrogen and oxygen atoms in total. The van der Waals surface area contributed by atoms with Crippen molar-refractivity contribution in [3.63, 3.8) is 0 Å². The maximum absolute atomic E-state index is 6.00. The Kier molecular flexibility index (Phi) is 2.95. The summed E-state index contributed by atoms with van der Waals surface area (Å²) in [6.07, 6.45) is 0. The summed E-state index contributed by atoms with van der Waals surface area (Å²) in [6, 6.07) is 9.33. The molecule has 0 aliphatic heterocycles. The predicted molar refractivity (Wildman–Crippen MR) is 80.7 cm³/mol. The van der Waals surface area contributed by atoms with Crippen molar-refractivity contribution in [2.75, 3.05) is 5.73 Å². The lowest BCUT2D eigenvalue weighted by Crippen LogP contribution is -2.02. The molecule has 0 amide bonds. The van der Waals surface area contributed by atoms with Crippen LogP contribution in [0.1, 0.15) is 5.69 Å². The van der Waals surface area contributed by atoms with E-state index in [1.54, 1.807) is 0 Å². The maximum atomic E-state index is 6.00. The van der Waals surface area contributed by atoms with Gasteiger partial charge in [-0.05, 0) is 53.2 Å². The second kappa shape index (κ2) is 4.51. The summed E-state index contributed by atoms with van der Waals surface area (Å²) in [4.78, 5) is 8.82. The number of hydrogen-bond acceptors (Lipinski definition) is 3. The topological polar surface area (TPSA) is 56.7 Å². The van der Waals surface area contributed by atoms with Crippen LogP contribution in [0, 0.1) is 6.92 Å². The van der Waals surface area contributed by atoms with Crippen molar-refractivity contribution in [2.45, 2.75) is 6.92 Å². The van der Waals surface area contributed by atoms with Gasteiger partial charge in [0.15, 0.2) is 5.65 Å². The molecule has 96 valence electrons. The Morgan fingerprint density at radius 3 is 2.74 bits per heavy atom. The third-order valence-corrected chi connectivity index (χ3v) is 3.69. The normalized spacial score (nSPS) is 11.1. The molecule has 2 aromatic heterocycles. The van der Waals surface area contributed by atoms with Crippen LogP contribution in [0.25, 0.3) is 16.9 Å². The fourth-order valence-electron chi connectivity index (χ4n) is 1.97. The molecule has 3 aromatic rings. The molecule has 2 N–H and O–H groups in total. The number of aryl methyl sites for hydroxylation is 1. The second-order valence-corrected chi connectivity index (χ2v) is 5.49. The lowest BCUT2D eigenvalue weighted by molar-refractivity contribution is 1.07. The second-order valence-electron chi connectivity index (χ2n) is 4.20. The van der Waals surface area contributed by atoms with Crippen molar-refractivity contribution in [1.82, 2.24) is 14.5 Å². The van der Waals surface area contributed by atoms with Crippen molar-refractivity contribution in [2.24, 2.45) is 0 Å². The van der Waals surface area contributed by atoms with Crippen molar-refractivity contribution in [3.8, 4) is 5.69 Å². The number of fused-ring (bicyclic) bond motifs is 1. The van der Waals surface area contributed by atoms with Crippen molar-refractivity contribution >= 4 is 44.6 Å². The number of nitrogens with two attached hydrogens (primary N) is 1. The van der Waals surface area contributed by atoms with Gasteiger partial charge in [-0.15, -0.1) is 0 Å². The lowest BCUT2D eigenvalue weighted by Gasteiger charge is -2.08. The molecule has 0 bridgehead atoms. The summed E-state index contributed by atoms with van der Waals surface area (Å²) >= 11 is 9.45. The van der Waals surface area contributed by atoms with Crippen molar-refractivity contribution in [1.29, 1.82) is 0 Å². The molecular formula is C13H10BrClN4. The Labute approximate surface area is 123 Å². The van der Waals surface area contributed by atoms with Crippen molar-refractivity contribution in [3.05, 3.63) is 45.5 Å². The highest BCUT2D eigenvalue weighted by atomic mass is 79.9. The highest BCUT2D eigenvalue weighted by molar-refractivity contribution is 9.10. The molecule has 0 unspecified atom stereocenters. The van der Waals surface area contributed by atoms with Gasteiger partial charge in [0.05, 0.1) is 5.69 Å². The molecule has 2 heterocycles. The van der Waals surface area contributed by atoms with Crippen LogP contribution in [-0.2, 0) is 0 Å². The summed E-state index contributed by atoms with van der Waals surface area (Å²) in [5.41, 5.74) is 9.28. The number of aromatic nitrogens is 3. The Morgan fingerprint density at radius 1 is 1.21 bits per heavy atom. The number of pyridine rings is 1. The average molecular weight is 338 g/mol. The Balaban J connectivity index is 2.35. The third kappa shape index (κ3) is 2.09. The zero-order valence-electron chi connectivity index (χ0n) is 10.1. The van der Waals surface area contributed by atoms with E-state index < -0.39 is 0 Å². The van der Waals surface area contributed by atoms with Gasteiger partial charge in [0.2, 0.25) is 5.95 Å². The van der Waals surface area contributed by atoms with Crippen molar-refractivity contribution < 1.29 is 0 Å². The number of anilines is 1. The smallest absolute Gasteiger partial charge is 0.207 e. The van der Waals surface area contributed by atoms with E-state index in [1.165, 1.54) is 0 Å². The zero-order valence-corrected chi connectivity index (χ0v) is 12.4. The molecule has 0 aliphatic carbocycles. The van der Waals surface area contributed by atoms with E-state index in [2.05, 4.69) is 25.9 Å². The van der Waals surface area contributed by atoms with Crippen LogP contribution in [0.15, 0.2) is 34.8 Å². The van der Waals surface area contributed by atoms with E-state index >= 15 is 0 Å². The minimum absolute atomic E-state index is 0.399. The molecule has 0 atom stereocenters. The van der Waals surface area contributed by atoms with Crippen LogP contribution in [0.5, 0.6) is 0 Å². The monoisotopic (exact) mass is 336 g/mol. The third-order valence-electron chi connectivity index (χ3n) is 2.82. The number of imidazole rings is 1. The largest absolute Gasteiger partial charge is 0.369 e. The molecule has 0 saturated heterocycles. The van der Waals surface area contributed by atoms with Crippen LogP contribution in [0.2, 0.25) is 5.02 Å². The van der Waals surface area contributed by atoms with Gasteiger partial charge >= 0.3 is 0 Å². The molecule has 0 fully saturated rings. The average Bonchev–Trinajstić information content (AvgIpc) is 2.65.